The van der Waals surface area contributed by atoms with Gasteiger partial charge in [-0.25, -0.2) is 0 Å². The summed E-state index contributed by atoms with van der Waals surface area (Å²) in [6.07, 6.45) is 8.93. The molecule has 0 aromatic carbocycles. The fraction of sp³-hybridized carbons (Fsp3) is 0.941. The van der Waals surface area contributed by atoms with E-state index in [0.717, 1.165) is 25.3 Å². The average Bonchev–Trinajstić information content (AvgIpc) is 2.44. The third kappa shape index (κ3) is 6.25. The highest BCUT2D eigenvalue weighted by Gasteiger charge is 2.25. The molecule has 0 bridgehead atoms. The summed E-state index contributed by atoms with van der Waals surface area (Å²) < 4.78 is 0. The van der Waals surface area contributed by atoms with Gasteiger partial charge >= 0.3 is 0 Å². The Morgan fingerprint density at radius 2 is 1.80 bits per heavy atom. The summed E-state index contributed by atoms with van der Waals surface area (Å²) in [5, 5.41) is 6.61. The SMILES string of the molecule is CCC(NC(C)C(=O)NCCC(C)C)C1CCCCC1. The fourth-order valence-corrected chi connectivity index (χ4v) is 3.16. The molecule has 0 saturated heterocycles. The largest absolute Gasteiger partial charge is 0.355 e. The molecule has 1 saturated carbocycles. The van der Waals surface area contributed by atoms with Crippen LogP contribution in [0.3, 0.4) is 0 Å². The van der Waals surface area contributed by atoms with Gasteiger partial charge < -0.3 is 10.6 Å². The van der Waals surface area contributed by atoms with Gasteiger partial charge in [0.25, 0.3) is 0 Å². The molecule has 0 heterocycles. The monoisotopic (exact) mass is 282 g/mol. The van der Waals surface area contributed by atoms with Gasteiger partial charge in [-0.1, -0.05) is 40.0 Å². The molecule has 2 unspecified atom stereocenters. The molecule has 0 aromatic heterocycles. The van der Waals surface area contributed by atoms with Crippen LogP contribution in [-0.4, -0.2) is 24.5 Å². The lowest BCUT2D eigenvalue weighted by Gasteiger charge is -2.32. The van der Waals surface area contributed by atoms with Crippen LogP contribution in [0.4, 0.5) is 0 Å². The van der Waals surface area contributed by atoms with Crippen LogP contribution in [0, 0.1) is 11.8 Å². The van der Waals surface area contributed by atoms with Crippen molar-refractivity contribution in [1.82, 2.24) is 10.6 Å². The Hall–Kier alpha value is -0.570. The predicted octanol–water partition coefficient (Wildman–Crippen LogP) is 3.49. The molecule has 1 amide bonds. The van der Waals surface area contributed by atoms with Crippen LogP contribution in [-0.2, 0) is 4.79 Å². The van der Waals surface area contributed by atoms with E-state index in [4.69, 9.17) is 0 Å². The molecule has 1 fully saturated rings. The van der Waals surface area contributed by atoms with E-state index >= 15 is 0 Å². The smallest absolute Gasteiger partial charge is 0.236 e. The minimum absolute atomic E-state index is 0.0750. The second-order valence-corrected chi connectivity index (χ2v) is 6.77. The molecule has 0 spiro atoms. The quantitative estimate of drug-likeness (QED) is 0.715. The topological polar surface area (TPSA) is 41.1 Å². The van der Waals surface area contributed by atoms with Crippen molar-refractivity contribution >= 4 is 5.91 Å². The Balaban J connectivity index is 2.33. The summed E-state index contributed by atoms with van der Waals surface area (Å²) in [5.41, 5.74) is 0. The molecule has 118 valence electrons. The molecule has 1 aliphatic carbocycles. The van der Waals surface area contributed by atoms with Crippen LogP contribution in [0.1, 0.15) is 72.6 Å². The maximum atomic E-state index is 12.1. The molecule has 1 aliphatic rings. The molecule has 3 nitrogen and oxygen atoms in total. The zero-order valence-electron chi connectivity index (χ0n) is 13.9. The molecular weight excluding hydrogens is 248 g/mol. The molecule has 2 atom stereocenters. The summed E-state index contributed by atoms with van der Waals surface area (Å²) in [5.74, 6) is 1.56. The Morgan fingerprint density at radius 1 is 1.15 bits per heavy atom. The molecular formula is C17H34N2O. The normalized spacial score (nSPS) is 19.9. The van der Waals surface area contributed by atoms with Gasteiger partial charge in [-0.3, -0.25) is 4.79 Å². The van der Waals surface area contributed by atoms with E-state index in [1.54, 1.807) is 0 Å². The van der Waals surface area contributed by atoms with Crippen LogP contribution < -0.4 is 10.6 Å². The number of amides is 1. The van der Waals surface area contributed by atoms with Gasteiger partial charge in [-0.15, -0.1) is 0 Å². The number of rotatable bonds is 8. The first-order chi connectivity index (χ1) is 9.54. The van der Waals surface area contributed by atoms with Gasteiger partial charge in [-0.05, 0) is 44.4 Å². The van der Waals surface area contributed by atoms with Crippen LogP contribution >= 0.6 is 0 Å². The van der Waals surface area contributed by atoms with E-state index in [2.05, 4.69) is 31.4 Å². The van der Waals surface area contributed by atoms with Crippen molar-refractivity contribution in [2.45, 2.75) is 84.7 Å². The average molecular weight is 282 g/mol. The van der Waals surface area contributed by atoms with E-state index in [-0.39, 0.29) is 11.9 Å². The second kappa shape index (κ2) is 9.38. The van der Waals surface area contributed by atoms with Crippen molar-refractivity contribution in [2.75, 3.05) is 6.54 Å². The molecule has 0 aliphatic heterocycles. The van der Waals surface area contributed by atoms with E-state index in [1.807, 2.05) is 6.92 Å². The first-order valence-electron chi connectivity index (χ1n) is 8.58. The van der Waals surface area contributed by atoms with Crippen molar-refractivity contribution in [1.29, 1.82) is 0 Å². The first kappa shape index (κ1) is 17.5. The van der Waals surface area contributed by atoms with Crippen molar-refractivity contribution in [2.24, 2.45) is 11.8 Å². The number of carbonyl (C=O) groups is 1. The van der Waals surface area contributed by atoms with Gasteiger partial charge in [0.1, 0.15) is 0 Å². The van der Waals surface area contributed by atoms with Crippen LogP contribution in [0.2, 0.25) is 0 Å². The minimum Gasteiger partial charge on any atom is -0.355 e. The number of hydrogen-bond donors (Lipinski definition) is 2. The summed E-state index contributed by atoms with van der Waals surface area (Å²) in [7, 11) is 0. The molecule has 0 aromatic rings. The van der Waals surface area contributed by atoms with Crippen LogP contribution in [0.25, 0.3) is 0 Å². The zero-order chi connectivity index (χ0) is 15.0. The molecule has 20 heavy (non-hydrogen) atoms. The van der Waals surface area contributed by atoms with E-state index < -0.39 is 0 Å². The van der Waals surface area contributed by atoms with Gasteiger partial charge in [-0.2, -0.15) is 0 Å². The summed E-state index contributed by atoms with van der Waals surface area (Å²) in [6, 6.07) is 0.426. The fourth-order valence-electron chi connectivity index (χ4n) is 3.16. The lowest BCUT2D eigenvalue weighted by atomic mass is 9.82. The maximum Gasteiger partial charge on any atom is 0.236 e. The minimum atomic E-state index is -0.0750. The van der Waals surface area contributed by atoms with Gasteiger partial charge in [0, 0.05) is 12.6 Å². The first-order valence-corrected chi connectivity index (χ1v) is 8.58. The molecule has 3 heteroatoms. The van der Waals surface area contributed by atoms with Crippen molar-refractivity contribution < 1.29 is 4.79 Å². The van der Waals surface area contributed by atoms with E-state index in [1.165, 1.54) is 32.1 Å². The Kier molecular flexibility index (Phi) is 8.20. The zero-order valence-corrected chi connectivity index (χ0v) is 13.9. The Labute approximate surface area is 125 Å². The number of nitrogens with one attached hydrogen (secondary N) is 2. The summed E-state index contributed by atoms with van der Waals surface area (Å²) >= 11 is 0. The highest BCUT2D eigenvalue weighted by atomic mass is 16.2. The lowest BCUT2D eigenvalue weighted by molar-refractivity contribution is -0.123. The third-order valence-corrected chi connectivity index (χ3v) is 4.54. The van der Waals surface area contributed by atoms with Gasteiger partial charge in [0.05, 0.1) is 6.04 Å². The molecule has 2 N–H and O–H groups in total. The Bertz CT molecular complexity index is 272. The van der Waals surface area contributed by atoms with Crippen LogP contribution in [0.15, 0.2) is 0 Å². The highest BCUT2D eigenvalue weighted by molar-refractivity contribution is 5.81. The lowest BCUT2D eigenvalue weighted by Crippen LogP contribution is -2.49. The standard InChI is InChI=1S/C17H34N2O/c1-5-16(15-9-7-6-8-10-15)19-14(4)17(20)18-12-11-13(2)3/h13-16,19H,5-12H2,1-4H3,(H,18,20). The van der Waals surface area contributed by atoms with Crippen LogP contribution in [0.5, 0.6) is 0 Å². The number of carbonyl (C=O) groups excluding carboxylic acids is 1. The van der Waals surface area contributed by atoms with E-state index in [0.29, 0.717) is 12.0 Å². The third-order valence-electron chi connectivity index (χ3n) is 4.54. The Morgan fingerprint density at radius 3 is 2.35 bits per heavy atom. The summed E-state index contributed by atoms with van der Waals surface area (Å²) in [6.45, 7) is 9.39. The molecule has 1 rings (SSSR count). The molecule has 0 radical (unpaired) electrons. The number of hydrogen-bond acceptors (Lipinski definition) is 2. The highest BCUT2D eigenvalue weighted by Crippen LogP contribution is 2.27. The predicted molar refractivity (Wildman–Crippen MR) is 85.7 cm³/mol. The van der Waals surface area contributed by atoms with Crippen molar-refractivity contribution in [3.63, 3.8) is 0 Å². The van der Waals surface area contributed by atoms with E-state index in [9.17, 15) is 4.79 Å². The van der Waals surface area contributed by atoms with Gasteiger partial charge in [0.15, 0.2) is 0 Å². The van der Waals surface area contributed by atoms with Crippen molar-refractivity contribution in [3.8, 4) is 0 Å². The van der Waals surface area contributed by atoms with Crippen molar-refractivity contribution in [3.05, 3.63) is 0 Å². The summed E-state index contributed by atoms with van der Waals surface area (Å²) in [4.78, 5) is 12.1. The maximum absolute atomic E-state index is 12.1. The van der Waals surface area contributed by atoms with Gasteiger partial charge in [0.2, 0.25) is 5.91 Å². The second-order valence-electron chi connectivity index (χ2n) is 6.77.